The Bertz CT molecular complexity index is 264. The molecule has 3 aliphatic rings. The summed E-state index contributed by atoms with van der Waals surface area (Å²) in [5.74, 6) is 0. The molecular formula is C13H23NO3. The Hall–Kier alpha value is -0.160. The molecule has 0 aliphatic carbocycles. The fourth-order valence-corrected chi connectivity index (χ4v) is 3.71. The molecule has 2 atom stereocenters. The first-order chi connectivity index (χ1) is 8.16. The predicted octanol–water partition coefficient (Wildman–Crippen LogP) is 1.13. The van der Waals surface area contributed by atoms with Crippen LogP contribution in [0.3, 0.4) is 0 Å². The van der Waals surface area contributed by atoms with Crippen LogP contribution in [0.2, 0.25) is 0 Å². The lowest BCUT2D eigenvalue weighted by atomic mass is 9.83. The van der Waals surface area contributed by atoms with Crippen LogP contribution in [-0.4, -0.2) is 54.2 Å². The number of piperidine rings is 1. The van der Waals surface area contributed by atoms with Crippen molar-refractivity contribution in [2.45, 2.75) is 62.5 Å². The normalized spacial score (nSPS) is 43.4. The highest BCUT2D eigenvalue weighted by Crippen LogP contribution is 2.42. The quantitative estimate of drug-likeness (QED) is 0.804. The second-order valence-corrected chi connectivity index (χ2v) is 5.89. The molecule has 0 aromatic heterocycles. The summed E-state index contributed by atoms with van der Waals surface area (Å²) < 4.78 is 10.9. The highest BCUT2D eigenvalue weighted by molar-refractivity contribution is 5.00. The van der Waals surface area contributed by atoms with Crippen LogP contribution in [0.4, 0.5) is 0 Å². The minimum atomic E-state index is -0.479. The molecule has 0 radical (unpaired) electrons. The third-order valence-electron chi connectivity index (χ3n) is 4.75. The number of fused-ring (bicyclic) bond motifs is 2. The van der Waals surface area contributed by atoms with Crippen LogP contribution in [0.15, 0.2) is 0 Å². The van der Waals surface area contributed by atoms with Crippen molar-refractivity contribution in [3.8, 4) is 0 Å². The summed E-state index contributed by atoms with van der Waals surface area (Å²) in [5.41, 5.74) is -0.479. The average Bonchev–Trinajstić information content (AvgIpc) is 2.87. The van der Waals surface area contributed by atoms with Crippen LogP contribution >= 0.6 is 0 Å². The molecule has 3 heterocycles. The molecule has 2 unspecified atom stereocenters. The minimum absolute atomic E-state index is 0.0728. The van der Waals surface area contributed by atoms with Gasteiger partial charge in [0.05, 0.1) is 18.8 Å². The van der Waals surface area contributed by atoms with Gasteiger partial charge >= 0.3 is 0 Å². The Balaban J connectivity index is 1.55. The number of hydrogen-bond donors (Lipinski definition) is 1. The zero-order valence-electron chi connectivity index (χ0n) is 10.6. The molecule has 0 amide bonds. The van der Waals surface area contributed by atoms with Crippen molar-refractivity contribution in [1.29, 1.82) is 0 Å². The van der Waals surface area contributed by atoms with Gasteiger partial charge in [-0.15, -0.1) is 0 Å². The van der Waals surface area contributed by atoms with Crippen molar-refractivity contribution < 1.29 is 14.6 Å². The Morgan fingerprint density at radius 2 is 1.76 bits per heavy atom. The lowest BCUT2D eigenvalue weighted by molar-refractivity contribution is -0.0891. The highest BCUT2D eigenvalue weighted by atomic mass is 16.7. The summed E-state index contributed by atoms with van der Waals surface area (Å²) >= 11 is 0. The average molecular weight is 241 g/mol. The van der Waals surface area contributed by atoms with Gasteiger partial charge in [0.25, 0.3) is 0 Å². The zero-order valence-corrected chi connectivity index (χ0v) is 10.6. The molecule has 4 heteroatoms. The molecule has 0 spiro atoms. The van der Waals surface area contributed by atoms with Gasteiger partial charge < -0.3 is 19.5 Å². The van der Waals surface area contributed by atoms with E-state index in [2.05, 4.69) is 11.9 Å². The number of ether oxygens (including phenoxy) is 2. The van der Waals surface area contributed by atoms with Crippen molar-refractivity contribution in [3.63, 3.8) is 0 Å². The maximum Gasteiger partial charge on any atom is 0.157 e. The summed E-state index contributed by atoms with van der Waals surface area (Å²) in [4.78, 5) is 2.46. The van der Waals surface area contributed by atoms with Crippen LogP contribution in [0, 0.1) is 0 Å². The molecule has 3 fully saturated rings. The van der Waals surface area contributed by atoms with Crippen LogP contribution in [-0.2, 0) is 9.47 Å². The number of hydrogen-bond acceptors (Lipinski definition) is 4. The topological polar surface area (TPSA) is 41.9 Å². The van der Waals surface area contributed by atoms with Crippen LogP contribution in [0.1, 0.15) is 38.5 Å². The Labute approximate surface area is 103 Å². The van der Waals surface area contributed by atoms with E-state index in [-0.39, 0.29) is 6.29 Å². The summed E-state index contributed by atoms with van der Waals surface area (Å²) in [6.07, 6.45) is 5.92. The third-order valence-corrected chi connectivity index (χ3v) is 4.75. The van der Waals surface area contributed by atoms with E-state index in [0.717, 1.165) is 25.7 Å². The summed E-state index contributed by atoms with van der Waals surface area (Å²) in [6, 6.07) is 1.17. The van der Waals surface area contributed by atoms with E-state index < -0.39 is 5.60 Å². The van der Waals surface area contributed by atoms with Gasteiger partial charge in [0.15, 0.2) is 6.29 Å². The van der Waals surface area contributed by atoms with Crippen molar-refractivity contribution in [2.75, 3.05) is 20.3 Å². The van der Waals surface area contributed by atoms with Crippen molar-refractivity contribution in [3.05, 3.63) is 0 Å². The van der Waals surface area contributed by atoms with Gasteiger partial charge in [0.2, 0.25) is 0 Å². The maximum atomic E-state index is 10.7. The SMILES string of the molecule is CN1C2CCC1CC(O)(CCC1OCCO1)C2. The zero-order chi connectivity index (χ0) is 11.9. The van der Waals surface area contributed by atoms with Gasteiger partial charge in [-0.25, -0.2) is 0 Å². The molecule has 4 nitrogen and oxygen atoms in total. The van der Waals surface area contributed by atoms with Gasteiger partial charge in [0.1, 0.15) is 0 Å². The molecule has 3 saturated heterocycles. The summed E-state index contributed by atoms with van der Waals surface area (Å²) in [5, 5.41) is 10.7. The molecule has 3 aliphatic heterocycles. The molecule has 3 rings (SSSR count). The van der Waals surface area contributed by atoms with Gasteiger partial charge in [-0.1, -0.05) is 0 Å². The molecule has 98 valence electrons. The van der Waals surface area contributed by atoms with E-state index >= 15 is 0 Å². The van der Waals surface area contributed by atoms with E-state index in [1.807, 2.05) is 0 Å². The van der Waals surface area contributed by atoms with Crippen molar-refractivity contribution in [1.82, 2.24) is 4.90 Å². The first-order valence-electron chi connectivity index (χ1n) is 6.84. The van der Waals surface area contributed by atoms with Crippen LogP contribution in [0.25, 0.3) is 0 Å². The Morgan fingerprint density at radius 3 is 2.35 bits per heavy atom. The smallest absolute Gasteiger partial charge is 0.157 e. The van der Waals surface area contributed by atoms with Gasteiger partial charge in [-0.05, 0) is 39.2 Å². The van der Waals surface area contributed by atoms with E-state index in [1.54, 1.807) is 0 Å². The van der Waals surface area contributed by atoms with E-state index in [0.29, 0.717) is 25.3 Å². The standard InChI is InChI=1S/C13H23NO3/c1-14-10-2-3-11(14)9-13(15,8-10)5-4-12-16-6-7-17-12/h10-12,15H,2-9H2,1H3. The van der Waals surface area contributed by atoms with Crippen LogP contribution in [0.5, 0.6) is 0 Å². The third kappa shape index (κ3) is 2.36. The maximum absolute atomic E-state index is 10.7. The monoisotopic (exact) mass is 241 g/mol. The molecule has 0 aromatic rings. The summed E-state index contributed by atoms with van der Waals surface area (Å²) in [6.45, 7) is 1.41. The highest BCUT2D eigenvalue weighted by Gasteiger charge is 2.45. The molecule has 0 aromatic carbocycles. The fraction of sp³-hybridized carbons (Fsp3) is 1.00. The van der Waals surface area contributed by atoms with Gasteiger partial charge in [0, 0.05) is 18.5 Å². The van der Waals surface area contributed by atoms with Crippen LogP contribution < -0.4 is 0 Å². The largest absolute Gasteiger partial charge is 0.390 e. The lowest BCUT2D eigenvalue weighted by Gasteiger charge is -2.42. The minimum Gasteiger partial charge on any atom is -0.390 e. The first kappa shape index (κ1) is 11.9. The van der Waals surface area contributed by atoms with E-state index in [4.69, 9.17) is 9.47 Å². The molecule has 0 saturated carbocycles. The Kier molecular flexibility index (Phi) is 3.15. The first-order valence-corrected chi connectivity index (χ1v) is 6.84. The van der Waals surface area contributed by atoms with Gasteiger partial charge in [-0.2, -0.15) is 0 Å². The summed E-state index contributed by atoms with van der Waals surface area (Å²) in [7, 11) is 2.20. The van der Waals surface area contributed by atoms with Crippen molar-refractivity contribution >= 4 is 0 Å². The molecular weight excluding hydrogens is 218 g/mol. The molecule has 1 N–H and O–H groups in total. The van der Waals surface area contributed by atoms with Gasteiger partial charge in [-0.3, -0.25) is 0 Å². The molecule has 17 heavy (non-hydrogen) atoms. The van der Waals surface area contributed by atoms with E-state index in [9.17, 15) is 5.11 Å². The second-order valence-electron chi connectivity index (χ2n) is 5.89. The van der Waals surface area contributed by atoms with E-state index in [1.165, 1.54) is 12.8 Å². The number of nitrogens with zero attached hydrogens (tertiary/aromatic N) is 1. The number of rotatable bonds is 3. The lowest BCUT2D eigenvalue weighted by Crippen LogP contribution is -2.49. The second kappa shape index (κ2) is 4.50. The number of aliphatic hydroxyl groups is 1. The molecule has 2 bridgehead atoms. The van der Waals surface area contributed by atoms with Crippen molar-refractivity contribution in [2.24, 2.45) is 0 Å². The predicted molar refractivity (Wildman–Crippen MR) is 63.7 cm³/mol. The Morgan fingerprint density at radius 1 is 1.18 bits per heavy atom. The fourth-order valence-electron chi connectivity index (χ4n) is 3.71.